The van der Waals surface area contributed by atoms with Crippen molar-refractivity contribution in [2.75, 3.05) is 7.05 Å². The molecule has 4 heteroatoms. The van der Waals surface area contributed by atoms with Crippen LogP contribution in [0.25, 0.3) is 0 Å². The van der Waals surface area contributed by atoms with Crippen LogP contribution in [0.15, 0.2) is 24.3 Å². The molecule has 70 valence electrons. The minimum Gasteiger partial charge on any atom is -0.358 e. The Bertz CT molecular complexity index is 297. The smallest absolute Gasteiger partial charge is 0.241 e. The van der Waals surface area contributed by atoms with E-state index in [1.807, 2.05) is 0 Å². The highest BCUT2D eigenvalue weighted by Crippen LogP contribution is 2.10. The number of nitrogens with two attached hydrogens (primary N) is 1. The molecule has 0 fully saturated rings. The summed E-state index contributed by atoms with van der Waals surface area (Å²) in [6.45, 7) is 0. The van der Waals surface area contributed by atoms with Crippen LogP contribution in [0.3, 0.4) is 0 Å². The van der Waals surface area contributed by atoms with Crippen molar-refractivity contribution in [1.29, 1.82) is 0 Å². The van der Waals surface area contributed by atoms with Gasteiger partial charge in [0.1, 0.15) is 11.9 Å². The second kappa shape index (κ2) is 4.00. The number of rotatable bonds is 2. The first-order valence-electron chi connectivity index (χ1n) is 3.88. The van der Waals surface area contributed by atoms with Gasteiger partial charge in [0.2, 0.25) is 5.91 Å². The number of benzene rings is 1. The second-order valence-corrected chi connectivity index (χ2v) is 2.64. The molecule has 0 unspecified atom stereocenters. The van der Waals surface area contributed by atoms with Gasteiger partial charge >= 0.3 is 0 Å². The summed E-state index contributed by atoms with van der Waals surface area (Å²) in [4.78, 5) is 11.1. The molecule has 3 N–H and O–H groups in total. The van der Waals surface area contributed by atoms with E-state index in [1.165, 1.54) is 31.3 Å². The van der Waals surface area contributed by atoms with E-state index < -0.39 is 6.04 Å². The molecule has 1 amide bonds. The molecule has 1 rings (SSSR count). The molecule has 13 heavy (non-hydrogen) atoms. The van der Waals surface area contributed by atoms with Crippen molar-refractivity contribution >= 4 is 5.91 Å². The monoisotopic (exact) mass is 182 g/mol. The largest absolute Gasteiger partial charge is 0.358 e. The Labute approximate surface area is 75.7 Å². The minimum absolute atomic E-state index is 0.286. The Kier molecular flexibility index (Phi) is 2.97. The molecular weight excluding hydrogens is 171 g/mol. The van der Waals surface area contributed by atoms with Gasteiger partial charge in [0, 0.05) is 7.05 Å². The Hall–Kier alpha value is -1.42. The normalized spacial score (nSPS) is 12.2. The van der Waals surface area contributed by atoms with Crippen molar-refractivity contribution in [2.45, 2.75) is 6.04 Å². The third-order valence-corrected chi connectivity index (χ3v) is 1.76. The van der Waals surface area contributed by atoms with Crippen molar-refractivity contribution < 1.29 is 9.18 Å². The highest BCUT2D eigenvalue weighted by molar-refractivity contribution is 5.82. The molecule has 0 aliphatic heterocycles. The molecule has 1 aromatic rings. The van der Waals surface area contributed by atoms with E-state index in [0.717, 1.165) is 0 Å². The molecule has 1 atom stereocenters. The van der Waals surface area contributed by atoms with Crippen molar-refractivity contribution in [3.05, 3.63) is 35.6 Å². The fraction of sp³-hybridized carbons (Fsp3) is 0.222. The van der Waals surface area contributed by atoms with E-state index in [0.29, 0.717) is 5.56 Å². The second-order valence-electron chi connectivity index (χ2n) is 2.64. The topological polar surface area (TPSA) is 55.1 Å². The lowest BCUT2D eigenvalue weighted by molar-refractivity contribution is -0.121. The summed E-state index contributed by atoms with van der Waals surface area (Å²) in [6.07, 6.45) is 0. The van der Waals surface area contributed by atoms with Gasteiger partial charge in [-0.25, -0.2) is 4.39 Å². The van der Waals surface area contributed by atoms with Crippen LogP contribution >= 0.6 is 0 Å². The maximum Gasteiger partial charge on any atom is 0.241 e. The lowest BCUT2D eigenvalue weighted by atomic mass is 10.1. The third kappa shape index (κ3) is 2.26. The molecule has 0 heterocycles. The Balaban J connectivity index is 2.83. The molecule has 0 aliphatic carbocycles. The molecular formula is C9H11FN2O. The molecule has 0 aromatic heterocycles. The van der Waals surface area contributed by atoms with Gasteiger partial charge in [-0.3, -0.25) is 4.79 Å². The summed E-state index contributed by atoms with van der Waals surface area (Å²) < 4.78 is 12.5. The Morgan fingerprint density at radius 2 is 2.00 bits per heavy atom. The number of carbonyl (C=O) groups excluding carboxylic acids is 1. The van der Waals surface area contributed by atoms with E-state index in [4.69, 9.17) is 5.73 Å². The Morgan fingerprint density at radius 1 is 1.46 bits per heavy atom. The van der Waals surface area contributed by atoms with Crippen LogP contribution in [0.1, 0.15) is 11.6 Å². The van der Waals surface area contributed by atoms with Crippen molar-refractivity contribution in [3.8, 4) is 0 Å². The van der Waals surface area contributed by atoms with E-state index in [9.17, 15) is 9.18 Å². The Morgan fingerprint density at radius 3 is 2.46 bits per heavy atom. The highest BCUT2D eigenvalue weighted by atomic mass is 19.1. The summed E-state index contributed by atoms with van der Waals surface area (Å²) in [5.74, 6) is -0.625. The first-order chi connectivity index (χ1) is 6.15. The highest BCUT2D eigenvalue weighted by Gasteiger charge is 2.13. The molecule has 0 saturated carbocycles. The van der Waals surface area contributed by atoms with Crippen LogP contribution in [-0.2, 0) is 4.79 Å². The van der Waals surface area contributed by atoms with Crippen LogP contribution in [0, 0.1) is 5.82 Å². The van der Waals surface area contributed by atoms with Crippen LogP contribution in [0.2, 0.25) is 0 Å². The van der Waals surface area contributed by atoms with Crippen molar-refractivity contribution in [1.82, 2.24) is 5.32 Å². The zero-order chi connectivity index (χ0) is 9.84. The van der Waals surface area contributed by atoms with E-state index in [-0.39, 0.29) is 11.7 Å². The van der Waals surface area contributed by atoms with Crippen LogP contribution in [-0.4, -0.2) is 13.0 Å². The van der Waals surface area contributed by atoms with Gasteiger partial charge in [0.15, 0.2) is 0 Å². The van der Waals surface area contributed by atoms with Crippen molar-refractivity contribution in [2.24, 2.45) is 5.73 Å². The SMILES string of the molecule is CNC(=O)[C@H](N)c1ccc(F)cc1. The van der Waals surface area contributed by atoms with Gasteiger partial charge in [0.25, 0.3) is 0 Å². The molecule has 0 radical (unpaired) electrons. The van der Waals surface area contributed by atoms with Gasteiger partial charge in [-0.15, -0.1) is 0 Å². The van der Waals surface area contributed by atoms with Crippen LogP contribution in [0.4, 0.5) is 4.39 Å². The number of amides is 1. The van der Waals surface area contributed by atoms with Crippen molar-refractivity contribution in [3.63, 3.8) is 0 Å². The maximum absolute atomic E-state index is 12.5. The molecule has 3 nitrogen and oxygen atoms in total. The average molecular weight is 182 g/mol. The standard InChI is InChI=1S/C9H11FN2O/c1-12-9(13)8(11)6-2-4-7(10)5-3-6/h2-5,8H,11H2,1H3,(H,12,13)/t8-/m1/s1. The molecule has 0 spiro atoms. The fourth-order valence-corrected chi connectivity index (χ4v) is 0.977. The maximum atomic E-state index is 12.5. The van der Waals surface area contributed by atoms with Crippen LogP contribution in [0.5, 0.6) is 0 Å². The molecule has 0 bridgehead atoms. The zero-order valence-corrected chi connectivity index (χ0v) is 7.25. The number of carbonyl (C=O) groups is 1. The zero-order valence-electron chi connectivity index (χ0n) is 7.25. The lowest BCUT2D eigenvalue weighted by Crippen LogP contribution is -2.31. The van der Waals surface area contributed by atoms with Gasteiger partial charge in [-0.2, -0.15) is 0 Å². The van der Waals surface area contributed by atoms with Gasteiger partial charge < -0.3 is 11.1 Å². The lowest BCUT2D eigenvalue weighted by Gasteiger charge is -2.09. The van der Waals surface area contributed by atoms with Gasteiger partial charge in [0.05, 0.1) is 0 Å². The number of nitrogens with one attached hydrogen (secondary N) is 1. The third-order valence-electron chi connectivity index (χ3n) is 1.76. The summed E-state index contributed by atoms with van der Waals surface area (Å²) in [5, 5.41) is 2.42. The quantitative estimate of drug-likeness (QED) is 0.702. The van der Waals surface area contributed by atoms with Crippen LogP contribution < -0.4 is 11.1 Å². The summed E-state index contributed by atoms with van der Waals surface area (Å²) in [7, 11) is 1.51. The predicted octanol–water partition coefficient (Wildman–Crippen LogP) is 0.571. The van der Waals surface area contributed by atoms with E-state index >= 15 is 0 Å². The van der Waals surface area contributed by atoms with E-state index in [2.05, 4.69) is 5.32 Å². The van der Waals surface area contributed by atoms with Gasteiger partial charge in [-0.1, -0.05) is 12.1 Å². The predicted molar refractivity (Wildman–Crippen MR) is 47.4 cm³/mol. The number of halogens is 1. The summed E-state index contributed by atoms with van der Waals surface area (Å²) in [6, 6.07) is 4.81. The first kappa shape index (κ1) is 9.67. The molecule has 0 aliphatic rings. The fourth-order valence-electron chi connectivity index (χ4n) is 0.977. The molecule has 1 aromatic carbocycles. The summed E-state index contributed by atoms with van der Waals surface area (Å²) in [5.41, 5.74) is 6.16. The number of likely N-dealkylation sites (N-methyl/N-ethyl adjacent to an activating group) is 1. The minimum atomic E-state index is -0.731. The first-order valence-corrected chi connectivity index (χ1v) is 3.88. The number of hydrogen-bond donors (Lipinski definition) is 2. The average Bonchev–Trinajstić information content (AvgIpc) is 2.17. The molecule has 0 saturated heterocycles. The van der Waals surface area contributed by atoms with E-state index in [1.54, 1.807) is 0 Å². The van der Waals surface area contributed by atoms with Gasteiger partial charge in [-0.05, 0) is 17.7 Å². The summed E-state index contributed by atoms with van der Waals surface area (Å²) >= 11 is 0. The number of hydrogen-bond acceptors (Lipinski definition) is 2.